The van der Waals surface area contributed by atoms with Crippen LogP contribution < -0.4 is 9.47 Å². The predicted octanol–water partition coefficient (Wildman–Crippen LogP) is 4.73. The lowest BCUT2D eigenvalue weighted by Crippen LogP contribution is -1.95. The SMILES string of the molecule is COc1c(O)c(C)c(C=C=C(C)CCC=C(C)C)c(O)c1OC. The van der Waals surface area contributed by atoms with E-state index in [0.29, 0.717) is 11.1 Å². The van der Waals surface area contributed by atoms with Gasteiger partial charge in [0.25, 0.3) is 0 Å². The van der Waals surface area contributed by atoms with E-state index in [1.54, 1.807) is 13.0 Å². The van der Waals surface area contributed by atoms with Gasteiger partial charge in [-0.1, -0.05) is 11.6 Å². The van der Waals surface area contributed by atoms with Gasteiger partial charge in [-0.2, -0.15) is 0 Å². The minimum atomic E-state index is -0.0655. The van der Waals surface area contributed by atoms with Gasteiger partial charge in [0, 0.05) is 11.1 Å². The molecule has 0 amide bonds. The van der Waals surface area contributed by atoms with Crippen molar-refractivity contribution in [2.75, 3.05) is 14.2 Å². The summed E-state index contributed by atoms with van der Waals surface area (Å²) in [6.45, 7) is 7.84. The molecule has 0 aromatic heterocycles. The van der Waals surface area contributed by atoms with Crippen LogP contribution in [0.5, 0.6) is 23.0 Å². The molecule has 2 N–H and O–H groups in total. The lowest BCUT2D eigenvalue weighted by molar-refractivity contribution is 0.315. The van der Waals surface area contributed by atoms with E-state index in [1.807, 2.05) is 6.92 Å². The Kier molecular flexibility index (Phi) is 6.80. The normalized spacial score (nSPS) is 9.83. The number of allylic oxidation sites excluding steroid dienone is 3. The van der Waals surface area contributed by atoms with Gasteiger partial charge in [-0.25, -0.2) is 0 Å². The Morgan fingerprint density at radius 1 is 1.04 bits per heavy atom. The second-order valence-electron chi connectivity index (χ2n) is 5.69. The molecule has 4 heteroatoms. The third-order valence-corrected chi connectivity index (χ3v) is 3.59. The summed E-state index contributed by atoms with van der Waals surface area (Å²) in [6, 6.07) is 0. The summed E-state index contributed by atoms with van der Waals surface area (Å²) in [6.07, 6.45) is 5.69. The summed E-state index contributed by atoms with van der Waals surface area (Å²) in [4.78, 5) is 0. The van der Waals surface area contributed by atoms with Crippen molar-refractivity contribution in [2.24, 2.45) is 0 Å². The van der Waals surface area contributed by atoms with Crippen LogP contribution in [0.25, 0.3) is 6.08 Å². The van der Waals surface area contributed by atoms with E-state index in [2.05, 4.69) is 25.7 Å². The smallest absolute Gasteiger partial charge is 0.207 e. The Labute approximate surface area is 138 Å². The lowest BCUT2D eigenvalue weighted by Gasteiger charge is -2.15. The average molecular weight is 318 g/mol. The van der Waals surface area contributed by atoms with Crippen LogP contribution >= 0.6 is 0 Å². The predicted molar refractivity (Wildman–Crippen MR) is 93.4 cm³/mol. The van der Waals surface area contributed by atoms with Crippen molar-refractivity contribution in [1.82, 2.24) is 0 Å². The number of hydrogen-bond donors (Lipinski definition) is 2. The molecular formula is C19H26O4. The molecule has 0 aliphatic heterocycles. The van der Waals surface area contributed by atoms with Crippen molar-refractivity contribution in [1.29, 1.82) is 0 Å². The number of benzene rings is 1. The van der Waals surface area contributed by atoms with Crippen molar-refractivity contribution in [2.45, 2.75) is 40.5 Å². The summed E-state index contributed by atoms with van der Waals surface area (Å²) in [5, 5.41) is 20.6. The van der Waals surface area contributed by atoms with E-state index in [9.17, 15) is 10.2 Å². The first-order valence-corrected chi connectivity index (χ1v) is 7.55. The molecule has 0 bridgehead atoms. The van der Waals surface area contributed by atoms with Gasteiger partial charge in [-0.3, -0.25) is 0 Å². The molecule has 1 aromatic rings. The fraction of sp³-hybridized carbons (Fsp3) is 0.421. The standard InChI is InChI=1S/C19H26O4/c1-12(2)8-7-9-13(3)10-11-15-14(4)16(20)18(22-5)19(23-6)17(15)21/h8,11,20-21H,7,9H2,1-6H3. The molecule has 4 nitrogen and oxygen atoms in total. The number of phenols is 2. The topological polar surface area (TPSA) is 58.9 Å². The minimum absolute atomic E-state index is 0.0441. The molecule has 0 radical (unpaired) electrons. The number of rotatable bonds is 6. The van der Waals surface area contributed by atoms with Gasteiger partial charge in [-0.15, -0.1) is 5.73 Å². The van der Waals surface area contributed by atoms with Gasteiger partial charge in [0.2, 0.25) is 11.5 Å². The van der Waals surface area contributed by atoms with E-state index in [-0.39, 0.29) is 23.0 Å². The minimum Gasteiger partial charge on any atom is -0.504 e. The molecule has 0 atom stereocenters. The monoisotopic (exact) mass is 318 g/mol. The van der Waals surface area contributed by atoms with Crippen molar-refractivity contribution in [3.8, 4) is 23.0 Å². The van der Waals surface area contributed by atoms with Crippen molar-refractivity contribution < 1.29 is 19.7 Å². The molecule has 0 saturated heterocycles. The molecule has 0 aliphatic rings. The molecule has 0 heterocycles. The van der Waals surface area contributed by atoms with Gasteiger partial charge >= 0.3 is 0 Å². The first-order valence-electron chi connectivity index (χ1n) is 7.55. The second kappa shape index (κ2) is 8.35. The molecular weight excluding hydrogens is 292 g/mol. The molecule has 23 heavy (non-hydrogen) atoms. The number of ether oxygens (including phenoxy) is 2. The first-order chi connectivity index (χ1) is 10.8. The molecule has 1 rings (SSSR count). The number of aromatic hydroxyl groups is 2. The van der Waals surface area contributed by atoms with E-state index in [0.717, 1.165) is 18.4 Å². The molecule has 0 fully saturated rings. The van der Waals surface area contributed by atoms with Crippen LogP contribution in [-0.4, -0.2) is 24.4 Å². The van der Waals surface area contributed by atoms with Crippen LogP contribution in [-0.2, 0) is 0 Å². The molecule has 0 unspecified atom stereocenters. The number of hydrogen-bond acceptors (Lipinski definition) is 4. The number of phenolic OH excluding ortho intramolecular Hbond substituents is 2. The summed E-state index contributed by atoms with van der Waals surface area (Å²) in [7, 11) is 2.83. The Balaban J connectivity index is 3.25. The summed E-state index contributed by atoms with van der Waals surface area (Å²) in [5.74, 6) is 0.136. The zero-order chi connectivity index (χ0) is 17.6. The van der Waals surface area contributed by atoms with Gasteiger partial charge in [0.1, 0.15) is 0 Å². The molecule has 0 saturated carbocycles. The fourth-order valence-corrected chi connectivity index (χ4v) is 2.21. The zero-order valence-electron chi connectivity index (χ0n) is 14.8. The highest BCUT2D eigenvalue weighted by molar-refractivity contribution is 5.73. The summed E-state index contributed by atoms with van der Waals surface area (Å²) in [5.41, 5.74) is 6.51. The van der Waals surface area contributed by atoms with Gasteiger partial charge in [0.15, 0.2) is 11.5 Å². The first kappa shape index (κ1) is 18.7. The van der Waals surface area contributed by atoms with Gasteiger partial charge in [0.05, 0.1) is 14.2 Å². The second-order valence-corrected chi connectivity index (χ2v) is 5.69. The Bertz CT molecular complexity index is 659. The third kappa shape index (κ3) is 4.57. The zero-order valence-corrected chi connectivity index (χ0v) is 14.8. The van der Waals surface area contributed by atoms with E-state index in [4.69, 9.17) is 9.47 Å². The van der Waals surface area contributed by atoms with Gasteiger partial charge < -0.3 is 19.7 Å². The highest BCUT2D eigenvalue weighted by Gasteiger charge is 2.21. The quantitative estimate of drug-likeness (QED) is 0.452. The Morgan fingerprint density at radius 3 is 2.13 bits per heavy atom. The summed E-state index contributed by atoms with van der Waals surface area (Å²) >= 11 is 0. The van der Waals surface area contributed by atoms with Crippen LogP contribution in [0.4, 0.5) is 0 Å². The maximum atomic E-state index is 10.4. The maximum Gasteiger partial charge on any atom is 0.207 e. The van der Waals surface area contributed by atoms with E-state index in [1.165, 1.54) is 19.8 Å². The van der Waals surface area contributed by atoms with Crippen molar-refractivity contribution in [3.05, 3.63) is 34.1 Å². The fourth-order valence-electron chi connectivity index (χ4n) is 2.21. The highest BCUT2D eigenvalue weighted by Crippen LogP contribution is 2.48. The average Bonchev–Trinajstić information content (AvgIpc) is 2.50. The molecule has 1 aromatic carbocycles. The third-order valence-electron chi connectivity index (χ3n) is 3.59. The van der Waals surface area contributed by atoms with Crippen LogP contribution in [0.1, 0.15) is 44.7 Å². The van der Waals surface area contributed by atoms with Crippen LogP contribution in [0, 0.1) is 6.92 Å². The largest absolute Gasteiger partial charge is 0.504 e. The Hall–Kier alpha value is -2.32. The molecule has 126 valence electrons. The molecule has 0 spiro atoms. The van der Waals surface area contributed by atoms with Crippen molar-refractivity contribution in [3.63, 3.8) is 0 Å². The Morgan fingerprint density at radius 2 is 1.61 bits per heavy atom. The van der Waals surface area contributed by atoms with Crippen LogP contribution in [0.3, 0.4) is 0 Å². The van der Waals surface area contributed by atoms with Crippen LogP contribution in [0.2, 0.25) is 0 Å². The van der Waals surface area contributed by atoms with Crippen molar-refractivity contribution >= 4 is 6.08 Å². The molecule has 0 aliphatic carbocycles. The maximum absolute atomic E-state index is 10.4. The van der Waals surface area contributed by atoms with Crippen LogP contribution in [0.15, 0.2) is 23.0 Å². The summed E-state index contributed by atoms with van der Waals surface area (Å²) < 4.78 is 10.2. The van der Waals surface area contributed by atoms with Gasteiger partial charge in [-0.05, 0) is 52.2 Å². The lowest BCUT2D eigenvalue weighted by atomic mass is 10.0. The number of methoxy groups -OCH3 is 2. The van der Waals surface area contributed by atoms with E-state index >= 15 is 0 Å². The highest BCUT2D eigenvalue weighted by atomic mass is 16.5. The van der Waals surface area contributed by atoms with E-state index < -0.39 is 0 Å².